The maximum absolute atomic E-state index is 11.8. The molecule has 0 aliphatic carbocycles. The third-order valence-corrected chi connectivity index (χ3v) is 2.60. The molecule has 2 rings (SSSR count). The van der Waals surface area contributed by atoms with Gasteiger partial charge in [-0.3, -0.25) is 9.59 Å². The first-order valence-electron chi connectivity index (χ1n) is 5.85. The number of para-hydroxylation sites is 1. The monoisotopic (exact) mass is 262 g/mol. The summed E-state index contributed by atoms with van der Waals surface area (Å²) in [6, 6.07) is 6.90. The van der Waals surface area contributed by atoms with Crippen LogP contribution in [0, 0.1) is 0 Å². The zero-order valence-corrected chi connectivity index (χ0v) is 10.4. The molecule has 2 N–H and O–H groups in total. The van der Waals surface area contributed by atoms with Crippen LogP contribution in [-0.4, -0.2) is 38.0 Å². The fourth-order valence-corrected chi connectivity index (χ4v) is 1.80. The van der Waals surface area contributed by atoms with Gasteiger partial charge >= 0.3 is 5.97 Å². The lowest BCUT2D eigenvalue weighted by atomic mass is 10.2. The van der Waals surface area contributed by atoms with Crippen molar-refractivity contribution in [2.24, 2.45) is 0 Å². The highest BCUT2D eigenvalue weighted by atomic mass is 16.4. The summed E-state index contributed by atoms with van der Waals surface area (Å²) in [6.45, 7) is 1.66. The lowest BCUT2D eigenvalue weighted by molar-refractivity contribution is -0.137. The maximum atomic E-state index is 11.8. The number of amides is 1. The molecule has 2 aromatic rings. The molecular weight excluding hydrogens is 248 g/mol. The molecule has 19 heavy (non-hydrogen) atoms. The van der Waals surface area contributed by atoms with Gasteiger partial charge in [-0.15, -0.1) is 5.10 Å². The van der Waals surface area contributed by atoms with Crippen LogP contribution in [0.5, 0.6) is 0 Å². The van der Waals surface area contributed by atoms with Crippen LogP contribution in [-0.2, 0) is 16.1 Å². The van der Waals surface area contributed by atoms with Gasteiger partial charge in [-0.1, -0.05) is 17.3 Å². The second kappa shape index (κ2) is 5.47. The summed E-state index contributed by atoms with van der Waals surface area (Å²) in [4.78, 5) is 22.3. The van der Waals surface area contributed by atoms with E-state index in [0.29, 0.717) is 5.52 Å². The Bertz CT molecular complexity index is 608. The highest BCUT2D eigenvalue weighted by Gasteiger charge is 2.13. The Labute approximate surface area is 109 Å². The number of rotatable bonds is 5. The van der Waals surface area contributed by atoms with Gasteiger partial charge in [-0.25, -0.2) is 4.68 Å². The minimum atomic E-state index is -0.945. The predicted octanol–water partition coefficient (Wildman–Crippen LogP) is 0.411. The lowest BCUT2D eigenvalue weighted by Crippen LogP contribution is -2.36. The Morgan fingerprint density at radius 2 is 2.16 bits per heavy atom. The average Bonchev–Trinajstić information content (AvgIpc) is 2.71. The zero-order valence-electron chi connectivity index (χ0n) is 10.4. The summed E-state index contributed by atoms with van der Waals surface area (Å²) >= 11 is 0. The number of carbonyl (C=O) groups excluding carboxylic acids is 1. The Morgan fingerprint density at radius 1 is 1.42 bits per heavy atom. The van der Waals surface area contributed by atoms with Crippen LogP contribution in [0.15, 0.2) is 24.3 Å². The number of carbonyl (C=O) groups is 2. The molecule has 7 heteroatoms. The Morgan fingerprint density at radius 3 is 2.89 bits per heavy atom. The molecule has 0 bridgehead atoms. The first-order chi connectivity index (χ1) is 9.06. The van der Waals surface area contributed by atoms with Crippen LogP contribution in [0.3, 0.4) is 0 Å². The summed E-state index contributed by atoms with van der Waals surface area (Å²) in [5.41, 5.74) is 1.48. The van der Waals surface area contributed by atoms with Crippen molar-refractivity contribution in [3.05, 3.63) is 24.3 Å². The molecule has 0 aliphatic heterocycles. The lowest BCUT2D eigenvalue weighted by Gasteiger charge is -2.11. The summed E-state index contributed by atoms with van der Waals surface area (Å²) in [7, 11) is 0. The number of aromatic nitrogens is 3. The molecule has 0 unspecified atom stereocenters. The number of aliphatic carboxylic acids is 1. The first-order valence-corrected chi connectivity index (χ1v) is 5.85. The predicted molar refractivity (Wildman–Crippen MR) is 67.4 cm³/mol. The van der Waals surface area contributed by atoms with Gasteiger partial charge in [-0.05, 0) is 19.1 Å². The van der Waals surface area contributed by atoms with Gasteiger partial charge in [-0.2, -0.15) is 0 Å². The number of carboxylic acids is 1. The summed E-state index contributed by atoms with van der Waals surface area (Å²) < 4.78 is 1.48. The van der Waals surface area contributed by atoms with Gasteiger partial charge in [0, 0.05) is 6.04 Å². The fraction of sp³-hybridized carbons (Fsp3) is 0.333. The van der Waals surface area contributed by atoms with E-state index in [4.69, 9.17) is 5.11 Å². The number of hydrogen-bond donors (Lipinski definition) is 2. The van der Waals surface area contributed by atoms with E-state index in [-0.39, 0.29) is 18.9 Å². The van der Waals surface area contributed by atoms with Gasteiger partial charge in [0.1, 0.15) is 12.1 Å². The average molecular weight is 262 g/mol. The third kappa shape index (κ3) is 3.27. The molecule has 0 aliphatic rings. The molecule has 0 saturated heterocycles. The number of hydrogen-bond acceptors (Lipinski definition) is 4. The highest BCUT2D eigenvalue weighted by Crippen LogP contribution is 2.09. The number of carboxylic acid groups (broad SMARTS) is 1. The quantitative estimate of drug-likeness (QED) is 0.813. The largest absolute Gasteiger partial charge is 0.481 e. The Hall–Kier alpha value is -2.44. The summed E-state index contributed by atoms with van der Waals surface area (Å²) in [5, 5.41) is 19.1. The second-order valence-electron chi connectivity index (χ2n) is 4.30. The number of nitrogens with zero attached hydrogens (tertiary/aromatic N) is 3. The minimum absolute atomic E-state index is 0.0183. The van der Waals surface area contributed by atoms with Crippen LogP contribution >= 0.6 is 0 Å². The van der Waals surface area contributed by atoms with Crippen LogP contribution in [0.4, 0.5) is 0 Å². The van der Waals surface area contributed by atoms with Gasteiger partial charge in [0.15, 0.2) is 0 Å². The molecule has 7 nitrogen and oxygen atoms in total. The zero-order chi connectivity index (χ0) is 13.8. The highest BCUT2D eigenvalue weighted by molar-refractivity contribution is 5.80. The van der Waals surface area contributed by atoms with E-state index in [2.05, 4.69) is 15.6 Å². The number of benzene rings is 1. The minimum Gasteiger partial charge on any atom is -0.481 e. The summed E-state index contributed by atoms with van der Waals surface area (Å²) in [5.74, 6) is -1.23. The van der Waals surface area contributed by atoms with E-state index in [0.717, 1.165) is 5.52 Å². The van der Waals surface area contributed by atoms with Crippen LogP contribution < -0.4 is 5.32 Å². The van der Waals surface area contributed by atoms with Crippen LogP contribution in [0.2, 0.25) is 0 Å². The SMILES string of the molecule is C[C@@H](CC(=O)O)NC(=O)Cn1nnc2ccccc21. The van der Waals surface area contributed by atoms with Crippen molar-refractivity contribution in [2.75, 3.05) is 0 Å². The third-order valence-electron chi connectivity index (χ3n) is 2.60. The molecule has 0 saturated carbocycles. The van der Waals surface area contributed by atoms with E-state index >= 15 is 0 Å². The standard InChI is InChI=1S/C12H14N4O3/c1-8(6-12(18)19)13-11(17)7-16-10-5-3-2-4-9(10)14-15-16/h2-5,8H,6-7H2,1H3,(H,13,17)(H,18,19)/t8-/m0/s1. The smallest absolute Gasteiger partial charge is 0.305 e. The molecular formula is C12H14N4O3. The van der Waals surface area contributed by atoms with Crippen LogP contribution in [0.1, 0.15) is 13.3 Å². The first kappa shape index (κ1) is 13.0. The Balaban J connectivity index is 2.01. The molecule has 0 spiro atoms. The van der Waals surface area contributed by atoms with Crippen molar-refractivity contribution in [1.82, 2.24) is 20.3 Å². The molecule has 0 fully saturated rings. The topological polar surface area (TPSA) is 97.1 Å². The molecule has 100 valence electrons. The molecule has 1 aromatic carbocycles. The Kier molecular flexibility index (Phi) is 3.74. The van der Waals surface area contributed by atoms with Crippen molar-refractivity contribution < 1.29 is 14.7 Å². The van der Waals surface area contributed by atoms with Crippen molar-refractivity contribution in [3.63, 3.8) is 0 Å². The number of fused-ring (bicyclic) bond motifs is 1. The van der Waals surface area contributed by atoms with E-state index in [1.807, 2.05) is 24.3 Å². The normalized spacial score (nSPS) is 12.3. The van der Waals surface area contributed by atoms with Gasteiger partial charge in [0.05, 0.1) is 11.9 Å². The molecule has 1 amide bonds. The van der Waals surface area contributed by atoms with Crippen LogP contribution in [0.25, 0.3) is 11.0 Å². The summed E-state index contributed by atoms with van der Waals surface area (Å²) in [6.07, 6.45) is -0.107. The van der Waals surface area contributed by atoms with Gasteiger partial charge < -0.3 is 10.4 Å². The fourth-order valence-electron chi connectivity index (χ4n) is 1.80. The van der Waals surface area contributed by atoms with E-state index in [1.165, 1.54) is 4.68 Å². The van der Waals surface area contributed by atoms with Crippen molar-refractivity contribution in [3.8, 4) is 0 Å². The van der Waals surface area contributed by atoms with Crippen molar-refractivity contribution >= 4 is 22.9 Å². The maximum Gasteiger partial charge on any atom is 0.305 e. The molecule has 1 atom stereocenters. The molecule has 1 heterocycles. The van der Waals surface area contributed by atoms with Crippen molar-refractivity contribution in [2.45, 2.75) is 25.9 Å². The van der Waals surface area contributed by atoms with Gasteiger partial charge in [0.2, 0.25) is 5.91 Å². The van der Waals surface area contributed by atoms with Crippen molar-refractivity contribution in [1.29, 1.82) is 0 Å². The number of nitrogens with one attached hydrogen (secondary N) is 1. The van der Waals surface area contributed by atoms with Gasteiger partial charge in [0.25, 0.3) is 0 Å². The van der Waals surface area contributed by atoms with E-state index < -0.39 is 12.0 Å². The van der Waals surface area contributed by atoms with E-state index in [1.54, 1.807) is 6.92 Å². The molecule has 1 aromatic heterocycles. The van der Waals surface area contributed by atoms with E-state index in [9.17, 15) is 9.59 Å². The second-order valence-corrected chi connectivity index (χ2v) is 4.30. The molecule has 0 radical (unpaired) electrons.